The maximum atomic E-state index is 12.3. The van der Waals surface area contributed by atoms with E-state index in [4.69, 9.17) is 4.74 Å². The number of ether oxygens (including phenoxy) is 1. The van der Waals surface area contributed by atoms with Crippen LogP contribution < -0.4 is 10.2 Å². The number of nitro groups is 1. The zero-order valence-corrected chi connectivity index (χ0v) is 15.3. The second kappa shape index (κ2) is 8.64. The van der Waals surface area contributed by atoms with E-state index in [0.717, 1.165) is 31.9 Å². The lowest BCUT2D eigenvalue weighted by Crippen LogP contribution is -2.36. The number of morpholine rings is 1. The first-order valence-corrected chi connectivity index (χ1v) is 9.00. The SMILES string of the molecule is Cc1c(C(=O)NCCc2ccc(N3CCOCC3)cc2)cccc1[N+](=O)[O-]. The van der Waals surface area contributed by atoms with Crippen molar-refractivity contribution in [3.8, 4) is 0 Å². The Morgan fingerprint density at radius 1 is 1.19 bits per heavy atom. The summed E-state index contributed by atoms with van der Waals surface area (Å²) in [4.78, 5) is 25.2. The first-order valence-electron chi connectivity index (χ1n) is 9.00. The van der Waals surface area contributed by atoms with Crippen LogP contribution in [0.3, 0.4) is 0 Å². The van der Waals surface area contributed by atoms with Crippen molar-refractivity contribution in [2.45, 2.75) is 13.3 Å². The minimum Gasteiger partial charge on any atom is -0.378 e. The van der Waals surface area contributed by atoms with Crippen molar-refractivity contribution in [3.63, 3.8) is 0 Å². The molecule has 142 valence electrons. The Morgan fingerprint density at radius 3 is 2.56 bits per heavy atom. The number of anilines is 1. The number of rotatable bonds is 6. The minimum atomic E-state index is -0.470. The first kappa shape index (κ1) is 18.8. The molecule has 7 nitrogen and oxygen atoms in total. The lowest BCUT2D eigenvalue weighted by molar-refractivity contribution is -0.385. The molecule has 2 aromatic rings. The third-order valence-electron chi connectivity index (χ3n) is 4.76. The fourth-order valence-electron chi connectivity index (χ4n) is 3.18. The van der Waals surface area contributed by atoms with E-state index in [0.29, 0.717) is 24.1 Å². The fourth-order valence-corrected chi connectivity index (χ4v) is 3.18. The highest BCUT2D eigenvalue weighted by molar-refractivity contribution is 5.96. The van der Waals surface area contributed by atoms with Crippen LogP contribution in [-0.4, -0.2) is 43.7 Å². The van der Waals surface area contributed by atoms with Crippen LogP contribution in [0.15, 0.2) is 42.5 Å². The number of nitrogens with zero attached hydrogens (tertiary/aromatic N) is 2. The Bertz CT molecular complexity index is 814. The number of hydrogen-bond donors (Lipinski definition) is 1. The second-order valence-corrected chi connectivity index (χ2v) is 6.48. The van der Waals surface area contributed by atoms with Crippen LogP contribution in [0.5, 0.6) is 0 Å². The molecule has 1 amide bonds. The molecule has 27 heavy (non-hydrogen) atoms. The summed E-state index contributed by atoms with van der Waals surface area (Å²) < 4.78 is 5.37. The van der Waals surface area contributed by atoms with Gasteiger partial charge in [0.15, 0.2) is 0 Å². The van der Waals surface area contributed by atoms with Crippen molar-refractivity contribution >= 4 is 17.3 Å². The van der Waals surface area contributed by atoms with Crippen LogP contribution >= 0.6 is 0 Å². The van der Waals surface area contributed by atoms with Crippen molar-refractivity contribution in [1.82, 2.24) is 5.32 Å². The Labute approximate surface area is 158 Å². The van der Waals surface area contributed by atoms with Crippen LogP contribution in [0.25, 0.3) is 0 Å². The summed E-state index contributed by atoms with van der Waals surface area (Å²) >= 11 is 0. The lowest BCUT2D eigenvalue weighted by Gasteiger charge is -2.28. The molecule has 1 fully saturated rings. The summed E-state index contributed by atoms with van der Waals surface area (Å²) in [6, 6.07) is 12.9. The topological polar surface area (TPSA) is 84.7 Å². The lowest BCUT2D eigenvalue weighted by atomic mass is 10.1. The van der Waals surface area contributed by atoms with E-state index in [2.05, 4.69) is 34.5 Å². The van der Waals surface area contributed by atoms with Gasteiger partial charge in [0.2, 0.25) is 0 Å². The molecule has 0 atom stereocenters. The predicted octanol–water partition coefficient (Wildman–Crippen LogP) is 2.71. The number of nitro benzene ring substituents is 1. The highest BCUT2D eigenvalue weighted by Gasteiger charge is 2.17. The van der Waals surface area contributed by atoms with Crippen LogP contribution in [0, 0.1) is 17.0 Å². The maximum absolute atomic E-state index is 12.3. The van der Waals surface area contributed by atoms with Crippen molar-refractivity contribution < 1.29 is 14.5 Å². The fraction of sp³-hybridized carbons (Fsp3) is 0.350. The predicted molar refractivity (Wildman–Crippen MR) is 103 cm³/mol. The summed E-state index contributed by atoms with van der Waals surface area (Å²) in [5, 5.41) is 13.8. The standard InChI is InChI=1S/C20H23N3O4/c1-15-18(3-2-4-19(15)23(25)26)20(24)21-10-9-16-5-7-17(8-6-16)22-11-13-27-14-12-22/h2-8H,9-14H2,1H3,(H,21,24). The molecular formula is C20H23N3O4. The third-order valence-corrected chi connectivity index (χ3v) is 4.76. The number of benzene rings is 2. The van der Waals surface area contributed by atoms with Crippen molar-refractivity contribution in [1.29, 1.82) is 0 Å². The number of carbonyl (C=O) groups excluding carboxylic acids is 1. The van der Waals surface area contributed by atoms with Gasteiger partial charge >= 0.3 is 0 Å². The molecule has 1 saturated heterocycles. The van der Waals surface area contributed by atoms with Gasteiger partial charge in [-0.05, 0) is 37.1 Å². The van der Waals surface area contributed by atoms with Gasteiger partial charge in [0, 0.05) is 42.5 Å². The molecule has 0 aromatic heterocycles. The molecule has 0 spiro atoms. The zero-order chi connectivity index (χ0) is 19.2. The summed E-state index contributed by atoms with van der Waals surface area (Å²) in [5.41, 5.74) is 2.99. The summed E-state index contributed by atoms with van der Waals surface area (Å²) in [6.45, 7) is 5.38. The Morgan fingerprint density at radius 2 is 1.89 bits per heavy atom. The van der Waals surface area contributed by atoms with Gasteiger partial charge in [-0.25, -0.2) is 0 Å². The average Bonchev–Trinajstić information content (AvgIpc) is 2.69. The van der Waals surface area contributed by atoms with Gasteiger partial charge in [-0.2, -0.15) is 0 Å². The van der Waals surface area contributed by atoms with Crippen molar-refractivity contribution in [3.05, 3.63) is 69.3 Å². The molecule has 1 aliphatic rings. The van der Waals surface area contributed by atoms with E-state index in [9.17, 15) is 14.9 Å². The first-order chi connectivity index (χ1) is 13.1. The highest BCUT2D eigenvalue weighted by atomic mass is 16.6. The van der Waals surface area contributed by atoms with Gasteiger partial charge in [-0.1, -0.05) is 18.2 Å². The molecule has 0 unspecified atom stereocenters. The summed E-state index contributed by atoms with van der Waals surface area (Å²) in [7, 11) is 0. The van der Waals surface area contributed by atoms with Gasteiger partial charge in [0.25, 0.3) is 11.6 Å². The molecule has 3 rings (SSSR count). The average molecular weight is 369 g/mol. The van der Waals surface area contributed by atoms with E-state index in [-0.39, 0.29) is 11.6 Å². The summed E-state index contributed by atoms with van der Waals surface area (Å²) in [6.07, 6.45) is 0.698. The molecule has 7 heteroatoms. The van der Waals surface area contributed by atoms with E-state index < -0.39 is 4.92 Å². The molecular weight excluding hydrogens is 346 g/mol. The van der Waals surface area contributed by atoms with Gasteiger partial charge in [-0.15, -0.1) is 0 Å². The molecule has 2 aromatic carbocycles. The van der Waals surface area contributed by atoms with E-state index in [1.165, 1.54) is 17.8 Å². The molecule has 0 saturated carbocycles. The van der Waals surface area contributed by atoms with Crippen molar-refractivity contribution in [2.24, 2.45) is 0 Å². The van der Waals surface area contributed by atoms with Gasteiger partial charge in [-0.3, -0.25) is 14.9 Å². The van der Waals surface area contributed by atoms with Crippen LogP contribution in [0.4, 0.5) is 11.4 Å². The maximum Gasteiger partial charge on any atom is 0.273 e. The van der Waals surface area contributed by atoms with Crippen LogP contribution in [0.2, 0.25) is 0 Å². The molecule has 1 aliphatic heterocycles. The second-order valence-electron chi connectivity index (χ2n) is 6.48. The smallest absolute Gasteiger partial charge is 0.273 e. The van der Waals surface area contributed by atoms with Crippen molar-refractivity contribution in [2.75, 3.05) is 37.7 Å². The normalized spacial score (nSPS) is 14.0. The number of nitrogens with one attached hydrogen (secondary N) is 1. The van der Waals surface area contributed by atoms with Gasteiger partial charge in [0.1, 0.15) is 0 Å². The Hall–Kier alpha value is -2.93. The molecule has 0 radical (unpaired) electrons. The molecule has 1 N–H and O–H groups in total. The Kier molecular flexibility index (Phi) is 6.03. The minimum absolute atomic E-state index is 0.0404. The van der Waals surface area contributed by atoms with Crippen LogP contribution in [0.1, 0.15) is 21.5 Å². The zero-order valence-electron chi connectivity index (χ0n) is 15.3. The van der Waals surface area contributed by atoms with Gasteiger partial charge < -0.3 is 15.0 Å². The molecule has 1 heterocycles. The number of carbonyl (C=O) groups is 1. The van der Waals surface area contributed by atoms with Gasteiger partial charge in [0.05, 0.1) is 18.1 Å². The quantitative estimate of drug-likeness (QED) is 0.625. The number of amides is 1. The summed E-state index contributed by atoms with van der Waals surface area (Å²) in [5.74, 6) is -0.291. The Balaban J connectivity index is 1.54. The number of hydrogen-bond acceptors (Lipinski definition) is 5. The largest absolute Gasteiger partial charge is 0.378 e. The van der Waals surface area contributed by atoms with E-state index in [1.54, 1.807) is 13.0 Å². The molecule has 0 bridgehead atoms. The van der Waals surface area contributed by atoms with E-state index >= 15 is 0 Å². The molecule has 0 aliphatic carbocycles. The monoisotopic (exact) mass is 369 g/mol. The highest BCUT2D eigenvalue weighted by Crippen LogP contribution is 2.21. The van der Waals surface area contributed by atoms with Crippen LogP contribution in [-0.2, 0) is 11.2 Å². The van der Waals surface area contributed by atoms with E-state index in [1.807, 2.05) is 0 Å². The third kappa shape index (κ3) is 4.62.